The van der Waals surface area contributed by atoms with Gasteiger partial charge in [0.1, 0.15) is 15.7 Å². The topological polar surface area (TPSA) is 84.9 Å². The van der Waals surface area contributed by atoms with Crippen molar-refractivity contribution < 1.29 is 22.7 Å². The van der Waals surface area contributed by atoms with Crippen molar-refractivity contribution in [2.24, 2.45) is 0 Å². The van der Waals surface area contributed by atoms with Gasteiger partial charge in [0.25, 0.3) is 10.0 Å². The monoisotopic (exact) mass is 398 g/mol. The van der Waals surface area contributed by atoms with E-state index in [0.717, 1.165) is 15.6 Å². The number of rotatable bonds is 9. The molecule has 7 nitrogen and oxygen atoms in total. The molecule has 0 saturated heterocycles. The predicted molar refractivity (Wildman–Crippen MR) is 102 cm³/mol. The molecule has 2 rings (SSSR count). The van der Waals surface area contributed by atoms with Gasteiger partial charge in [-0.1, -0.05) is 6.07 Å². The van der Waals surface area contributed by atoms with Crippen LogP contribution in [0.1, 0.15) is 13.8 Å². The molecule has 0 aliphatic carbocycles. The first-order chi connectivity index (χ1) is 12.4. The van der Waals surface area contributed by atoms with Crippen LogP contribution in [0.3, 0.4) is 0 Å². The van der Waals surface area contributed by atoms with E-state index >= 15 is 0 Å². The predicted octanol–water partition coefficient (Wildman–Crippen LogP) is 2.80. The maximum atomic E-state index is 12.4. The molecule has 0 aliphatic rings. The van der Waals surface area contributed by atoms with Crippen LogP contribution in [0, 0.1) is 0 Å². The zero-order valence-corrected chi connectivity index (χ0v) is 16.5. The van der Waals surface area contributed by atoms with Gasteiger partial charge in [-0.3, -0.25) is 4.79 Å². The van der Waals surface area contributed by atoms with Crippen molar-refractivity contribution in [3.05, 3.63) is 35.7 Å². The third kappa shape index (κ3) is 4.96. The second-order valence-electron chi connectivity index (χ2n) is 5.27. The van der Waals surface area contributed by atoms with E-state index in [1.807, 2.05) is 13.8 Å². The first-order valence-corrected chi connectivity index (χ1v) is 10.4. The summed E-state index contributed by atoms with van der Waals surface area (Å²) < 4.78 is 36.9. The highest BCUT2D eigenvalue weighted by atomic mass is 32.2. The Labute approximate surface area is 157 Å². The molecule has 0 fully saturated rings. The van der Waals surface area contributed by atoms with Crippen LogP contribution in [0.4, 0.5) is 5.69 Å². The number of nitrogens with zero attached hydrogens (tertiary/aromatic N) is 1. The average molecular weight is 399 g/mol. The molecule has 26 heavy (non-hydrogen) atoms. The molecule has 0 radical (unpaired) electrons. The standard InChI is InChI=1S/C17H22N2O5S2/c1-4-23-13-8-9-15(24-5-2)14(11-13)18-16(20)12-19(3)26(21,22)17-7-6-10-25-17/h6-11H,4-5,12H2,1-3H3,(H,18,20). The molecule has 142 valence electrons. The van der Waals surface area contributed by atoms with Gasteiger partial charge < -0.3 is 14.8 Å². The van der Waals surface area contributed by atoms with Crippen LogP contribution in [0.2, 0.25) is 0 Å². The van der Waals surface area contributed by atoms with Crippen molar-refractivity contribution in [1.82, 2.24) is 4.31 Å². The maximum Gasteiger partial charge on any atom is 0.252 e. The number of carbonyl (C=O) groups is 1. The van der Waals surface area contributed by atoms with E-state index in [2.05, 4.69) is 5.32 Å². The quantitative estimate of drug-likeness (QED) is 0.702. The van der Waals surface area contributed by atoms with E-state index < -0.39 is 15.9 Å². The second-order valence-corrected chi connectivity index (χ2v) is 8.48. The molecule has 0 unspecified atom stereocenters. The summed E-state index contributed by atoms with van der Waals surface area (Å²) >= 11 is 1.11. The smallest absolute Gasteiger partial charge is 0.252 e. The zero-order valence-electron chi connectivity index (χ0n) is 14.9. The minimum Gasteiger partial charge on any atom is -0.494 e. The van der Waals surface area contributed by atoms with Crippen molar-refractivity contribution >= 4 is 33.0 Å². The summed E-state index contributed by atoms with van der Waals surface area (Å²) in [5, 5.41) is 4.37. The lowest BCUT2D eigenvalue weighted by atomic mass is 10.2. The fourth-order valence-corrected chi connectivity index (χ4v) is 4.51. The molecule has 1 heterocycles. The number of carbonyl (C=O) groups excluding carboxylic acids is 1. The number of benzene rings is 1. The lowest BCUT2D eigenvalue weighted by Crippen LogP contribution is -2.34. The minimum atomic E-state index is -3.69. The number of anilines is 1. The third-order valence-electron chi connectivity index (χ3n) is 3.36. The number of amides is 1. The summed E-state index contributed by atoms with van der Waals surface area (Å²) in [6.45, 7) is 4.31. The lowest BCUT2D eigenvalue weighted by molar-refractivity contribution is -0.116. The normalized spacial score (nSPS) is 11.4. The van der Waals surface area contributed by atoms with Gasteiger partial charge in [0.2, 0.25) is 5.91 Å². The van der Waals surface area contributed by atoms with Gasteiger partial charge in [-0.25, -0.2) is 8.42 Å². The number of thiophene rings is 1. The van der Waals surface area contributed by atoms with Crippen molar-refractivity contribution in [3.8, 4) is 11.5 Å². The Morgan fingerprint density at radius 1 is 1.19 bits per heavy atom. The van der Waals surface area contributed by atoms with Crippen LogP contribution >= 0.6 is 11.3 Å². The zero-order chi connectivity index (χ0) is 19.2. The molecule has 9 heteroatoms. The van der Waals surface area contributed by atoms with Crippen molar-refractivity contribution in [3.63, 3.8) is 0 Å². The van der Waals surface area contributed by atoms with Gasteiger partial charge in [-0.15, -0.1) is 11.3 Å². The van der Waals surface area contributed by atoms with Crippen molar-refractivity contribution in [2.75, 3.05) is 32.1 Å². The van der Waals surface area contributed by atoms with E-state index in [0.29, 0.717) is 30.4 Å². The summed E-state index contributed by atoms with van der Waals surface area (Å²) in [4.78, 5) is 12.4. The number of ether oxygens (including phenoxy) is 2. The van der Waals surface area contributed by atoms with Crippen molar-refractivity contribution in [1.29, 1.82) is 0 Å². The molecule has 1 aromatic heterocycles. The fourth-order valence-electron chi connectivity index (χ4n) is 2.19. The van der Waals surface area contributed by atoms with Crippen LogP contribution in [0.15, 0.2) is 39.9 Å². The van der Waals surface area contributed by atoms with Gasteiger partial charge in [-0.05, 0) is 37.4 Å². The van der Waals surface area contributed by atoms with Crippen LogP contribution in [-0.2, 0) is 14.8 Å². The molecule has 1 N–H and O–H groups in total. The van der Waals surface area contributed by atoms with E-state index in [-0.39, 0.29) is 10.8 Å². The van der Waals surface area contributed by atoms with Gasteiger partial charge in [0, 0.05) is 13.1 Å². The molecular weight excluding hydrogens is 376 g/mol. The molecule has 0 bridgehead atoms. The first kappa shape index (κ1) is 20.2. The molecule has 2 aromatic rings. The summed E-state index contributed by atoms with van der Waals surface area (Å²) in [7, 11) is -2.32. The van der Waals surface area contributed by atoms with E-state index in [1.54, 1.807) is 29.6 Å². The largest absolute Gasteiger partial charge is 0.494 e. The first-order valence-electron chi connectivity index (χ1n) is 8.07. The maximum absolute atomic E-state index is 12.4. The van der Waals surface area contributed by atoms with Crippen LogP contribution in [0.25, 0.3) is 0 Å². The van der Waals surface area contributed by atoms with Gasteiger partial charge in [0.15, 0.2) is 0 Å². The Hall–Kier alpha value is -2.10. The molecule has 0 saturated carbocycles. The fraction of sp³-hybridized carbons (Fsp3) is 0.353. The Bertz CT molecular complexity index is 835. The average Bonchev–Trinajstić information content (AvgIpc) is 3.13. The number of nitrogens with one attached hydrogen (secondary N) is 1. The highest BCUT2D eigenvalue weighted by Crippen LogP contribution is 2.29. The third-order valence-corrected chi connectivity index (χ3v) is 6.54. The van der Waals surface area contributed by atoms with E-state index in [1.165, 1.54) is 13.1 Å². The van der Waals surface area contributed by atoms with Crippen molar-refractivity contribution in [2.45, 2.75) is 18.1 Å². The lowest BCUT2D eigenvalue weighted by Gasteiger charge is -2.17. The second kappa shape index (κ2) is 9.02. The molecule has 1 aromatic carbocycles. The number of likely N-dealkylation sites (N-methyl/N-ethyl adjacent to an activating group) is 1. The molecular formula is C17H22N2O5S2. The molecule has 1 amide bonds. The molecule has 0 atom stereocenters. The van der Waals surface area contributed by atoms with Crippen LogP contribution in [-0.4, -0.2) is 45.4 Å². The Balaban J connectivity index is 2.12. The minimum absolute atomic E-state index is 0.196. The van der Waals surface area contributed by atoms with Crippen LogP contribution < -0.4 is 14.8 Å². The number of hydrogen-bond donors (Lipinski definition) is 1. The van der Waals surface area contributed by atoms with Gasteiger partial charge >= 0.3 is 0 Å². The molecule has 0 aliphatic heterocycles. The van der Waals surface area contributed by atoms with E-state index in [9.17, 15) is 13.2 Å². The summed E-state index contributed by atoms with van der Waals surface area (Å²) in [6, 6.07) is 8.26. The Morgan fingerprint density at radius 3 is 2.54 bits per heavy atom. The molecule has 0 spiro atoms. The van der Waals surface area contributed by atoms with E-state index in [4.69, 9.17) is 9.47 Å². The number of sulfonamides is 1. The summed E-state index contributed by atoms with van der Waals surface area (Å²) in [6.07, 6.45) is 0. The summed E-state index contributed by atoms with van der Waals surface area (Å²) in [5.74, 6) is 0.612. The Morgan fingerprint density at radius 2 is 1.92 bits per heavy atom. The number of hydrogen-bond acceptors (Lipinski definition) is 6. The van der Waals surface area contributed by atoms with Crippen LogP contribution in [0.5, 0.6) is 11.5 Å². The van der Waals surface area contributed by atoms with Gasteiger partial charge in [-0.2, -0.15) is 4.31 Å². The summed E-state index contributed by atoms with van der Waals surface area (Å²) in [5.41, 5.74) is 0.435. The SMILES string of the molecule is CCOc1ccc(OCC)c(NC(=O)CN(C)S(=O)(=O)c2cccs2)c1. The highest BCUT2D eigenvalue weighted by Gasteiger charge is 2.24. The Kier molecular flexibility index (Phi) is 7.01. The van der Waals surface area contributed by atoms with Gasteiger partial charge in [0.05, 0.1) is 25.4 Å². The highest BCUT2D eigenvalue weighted by molar-refractivity contribution is 7.91.